The molecule has 1 fully saturated rings. The SMILES string of the molecule is CN1CCC(O)(c2cccc(-c3cnc(-c4c[nH]c5ncccc45)s3)c2)C1=O. The first-order valence-corrected chi connectivity index (χ1v) is 9.85. The fourth-order valence-electron chi connectivity index (χ4n) is 3.72. The number of carbonyl (C=O) groups excluding carboxylic acids is 1. The Balaban J connectivity index is 1.52. The molecule has 1 aliphatic heterocycles. The van der Waals surface area contributed by atoms with Gasteiger partial charge in [0.1, 0.15) is 10.7 Å². The number of aromatic amines is 1. The van der Waals surface area contributed by atoms with Crippen LogP contribution in [0.3, 0.4) is 0 Å². The van der Waals surface area contributed by atoms with E-state index < -0.39 is 5.60 Å². The highest BCUT2D eigenvalue weighted by atomic mass is 32.1. The van der Waals surface area contributed by atoms with E-state index in [0.29, 0.717) is 18.5 Å². The average molecular weight is 390 g/mol. The Kier molecular flexibility index (Phi) is 3.82. The van der Waals surface area contributed by atoms with Crippen molar-refractivity contribution in [2.45, 2.75) is 12.0 Å². The number of carbonyl (C=O) groups is 1. The Hall–Kier alpha value is -3.03. The zero-order valence-corrected chi connectivity index (χ0v) is 16.0. The minimum Gasteiger partial charge on any atom is -0.375 e. The lowest BCUT2D eigenvalue weighted by atomic mass is 9.91. The lowest BCUT2D eigenvalue weighted by molar-refractivity contribution is -0.143. The van der Waals surface area contributed by atoms with Crippen LogP contribution in [0.15, 0.2) is 55.0 Å². The smallest absolute Gasteiger partial charge is 0.258 e. The van der Waals surface area contributed by atoms with Crippen molar-refractivity contribution in [3.05, 3.63) is 60.6 Å². The molecule has 2 N–H and O–H groups in total. The van der Waals surface area contributed by atoms with Gasteiger partial charge < -0.3 is 15.0 Å². The number of H-pyrrole nitrogens is 1. The van der Waals surface area contributed by atoms with Gasteiger partial charge in [-0.05, 0) is 29.3 Å². The second-order valence-corrected chi connectivity index (χ2v) is 8.08. The quantitative estimate of drug-likeness (QED) is 0.562. The van der Waals surface area contributed by atoms with Gasteiger partial charge in [0.05, 0.1) is 4.88 Å². The number of hydrogen-bond acceptors (Lipinski definition) is 5. The zero-order chi connectivity index (χ0) is 19.3. The molecule has 4 aromatic rings. The number of aromatic nitrogens is 3. The number of nitrogens with one attached hydrogen (secondary N) is 1. The molecular weight excluding hydrogens is 372 g/mol. The second kappa shape index (κ2) is 6.25. The summed E-state index contributed by atoms with van der Waals surface area (Å²) in [5.74, 6) is -0.249. The van der Waals surface area contributed by atoms with Crippen LogP contribution in [-0.2, 0) is 10.4 Å². The summed E-state index contributed by atoms with van der Waals surface area (Å²) in [4.78, 5) is 27.1. The number of pyridine rings is 1. The van der Waals surface area contributed by atoms with Gasteiger partial charge in [0.2, 0.25) is 0 Å². The molecule has 0 spiro atoms. The van der Waals surface area contributed by atoms with Crippen molar-refractivity contribution in [1.82, 2.24) is 19.9 Å². The van der Waals surface area contributed by atoms with Gasteiger partial charge in [-0.3, -0.25) is 4.79 Å². The highest BCUT2D eigenvalue weighted by molar-refractivity contribution is 7.18. The van der Waals surface area contributed by atoms with Gasteiger partial charge in [-0.15, -0.1) is 11.3 Å². The van der Waals surface area contributed by atoms with Gasteiger partial charge in [0, 0.05) is 49.6 Å². The summed E-state index contributed by atoms with van der Waals surface area (Å²) < 4.78 is 0. The van der Waals surface area contributed by atoms with Crippen LogP contribution < -0.4 is 0 Å². The largest absolute Gasteiger partial charge is 0.375 e. The van der Waals surface area contributed by atoms with Crippen molar-refractivity contribution in [2.75, 3.05) is 13.6 Å². The van der Waals surface area contributed by atoms with Gasteiger partial charge in [-0.25, -0.2) is 9.97 Å². The highest BCUT2D eigenvalue weighted by Crippen LogP contribution is 2.38. The summed E-state index contributed by atoms with van der Waals surface area (Å²) in [6.45, 7) is 0.554. The molecule has 5 rings (SSSR count). The Bertz CT molecular complexity index is 1200. The van der Waals surface area contributed by atoms with E-state index in [1.165, 1.54) is 0 Å². The minimum absolute atomic E-state index is 0.249. The van der Waals surface area contributed by atoms with Crippen LogP contribution in [0.4, 0.5) is 0 Å². The molecule has 0 radical (unpaired) electrons. The number of likely N-dealkylation sites (N-methyl/N-ethyl adjacent to an activating group) is 1. The van der Waals surface area contributed by atoms with Gasteiger partial charge >= 0.3 is 0 Å². The van der Waals surface area contributed by atoms with Crippen molar-refractivity contribution >= 4 is 28.3 Å². The summed E-state index contributed by atoms with van der Waals surface area (Å²) in [7, 11) is 1.72. The molecule has 140 valence electrons. The predicted octanol–water partition coefficient (Wildman–Crippen LogP) is 3.40. The van der Waals surface area contributed by atoms with Crippen LogP contribution in [0.5, 0.6) is 0 Å². The number of thiazole rings is 1. The molecule has 1 amide bonds. The summed E-state index contributed by atoms with van der Waals surface area (Å²) in [6.07, 6.45) is 5.92. The van der Waals surface area contributed by atoms with E-state index in [4.69, 9.17) is 0 Å². The number of benzene rings is 1. The average Bonchev–Trinajstić information content (AvgIpc) is 3.43. The summed E-state index contributed by atoms with van der Waals surface area (Å²) in [5, 5.41) is 12.9. The molecule has 7 heteroatoms. The van der Waals surface area contributed by atoms with E-state index in [2.05, 4.69) is 15.0 Å². The number of aliphatic hydroxyl groups is 1. The van der Waals surface area contributed by atoms with Crippen molar-refractivity contribution in [3.63, 3.8) is 0 Å². The van der Waals surface area contributed by atoms with Gasteiger partial charge in [0.25, 0.3) is 5.91 Å². The molecule has 3 aromatic heterocycles. The van der Waals surface area contributed by atoms with Crippen LogP contribution in [-0.4, -0.2) is 44.5 Å². The molecule has 28 heavy (non-hydrogen) atoms. The fourth-order valence-corrected chi connectivity index (χ4v) is 4.66. The predicted molar refractivity (Wildman–Crippen MR) is 109 cm³/mol. The normalized spacial score (nSPS) is 19.6. The second-order valence-electron chi connectivity index (χ2n) is 7.05. The zero-order valence-electron chi connectivity index (χ0n) is 15.2. The number of nitrogens with zero attached hydrogens (tertiary/aromatic N) is 3. The number of likely N-dealkylation sites (tertiary alicyclic amines) is 1. The third-order valence-electron chi connectivity index (χ3n) is 5.32. The van der Waals surface area contributed by atoms with E-state index in [1.807, 2.05) is 48.8 Å². The summed E-state index contributed by atoms with van der Waals surface area (Å²) >= 11 is 1.57. The van der Waals surface area contributed by atoms with Crippen LogP contribution in [0.2, 0.25) is 0 Å². The number of amides is 1. The third-order valence-corrected chi connectivity index (χ3v) is 6.40. The topological polar surface area (TPSA) is 82.1 Å². The lowest BCUT2D eigenvalue weighted by Crippen LogP contribution is -2.36. The summed E-state index contributed by atoms with van der Waals surface area (Å²) in [5.41, 5.74) is 1.98. The Labute approximate surface area is 165 Å². The molecule has 0 saturated carbocycles. The standard InChI is InChI=1S/C21H18N4O2S/c1-25-9-7-21(27,20(25)26)14-5-2-4-13(10-14)17-12-24-19(28-17)16-11-23-18-15(16)6-3-8-22-18/h2-6,8,10-12,27H,7,9H2,1H3,(H,22,23). The van der Waals surface area contributed by atoms with Gasteiger partial charge in [-0.2, -0.15) is 0 Å². The summed E-state index contributed by atoms with van der Waals surface area (Å²) in [6, 6.07) is 11.5. The van der Waals surface area contributed by atoms with E-state index in [9.17, 15) is 9.90 Å². The fraction of sp³-hybridized carbons (Fsp3) is 0.190. The number of rotatable bonds is 3. The molecule has 1 saturated heterocycles. The maximum atomic E-state index is 12.4. The Morgan fingerprint density at radius 2 is 2.14 bits per heavy atom. The monoisotopic (exact) mass is 390 g/mol. The van der Waals surface area contributed by atoms with Crippen molar-refractivity contribution < 1.29 is 9.90 Å². The Morgan fingerprint density at radius 3 is 2.96 bits per heavy atom. The molecule has 0 aliphatic carbocycles. The molecule has 1 aromatic carbocycles. The lowest BCUT2D eigenvalue weighted by Gasteiger charge is -2.21. The molecule has 4 heterocycles. The first kappa shape index (κ1) is 17.1. The molecule has 1 unspecified atom stereocenters. The van der Waals surface area contributed by atoms with Gasteiger partial charge in [-0.1, -0.05) is 18.2 Å². The molecular formula is C21H18N4O2S. The van der Waals surface area contributed by atoms with Crippen molar-refractivity contribution in [1.29, 1.82) is 0 Å². The maximum absolute atomic E-state index is 12.4. The van der Waals surface area contributed by atoms with Crippen molar-refractivity contribution in [2.24, 2.45) is 0 Å². The first-order valence-electron chi connectivity index (χ1n) is 9.03. The third kappa shape index (κ3) is 2.55. The van der Waals surface area contributed by atoms with Crippen LogP contribution in [0.1, 0.15) is 12.0 Å². The van der Waals surface area contributed by atoms with Crippen molar-refractivity contribution in [3.8, 4) is 21.0 Å². The molecule has 1 atom stereocenters. The van der Waals surface area contributed by atoms with E-state index in [1.54, 1.807) is 29.5 Å². The van der Waals surface area contributed by atoms with Crippen LogP contribution in [0.25, 0.3) is 32.0 Å². The highest BCUT2D eigenvalue weighted by Gasteiger charge is 2.45. The van der Waals surface area contributed by atoms with Crippen LogP contribution in [0, 0.1) is 0 Å². The van der Waals surface area contributed by atoms with E-state index in [0.717, 1.165) is 32.0 Å². The maximum Gasteiger partial charge on any atom is 0.258 e. The number of fused-ring (bicyclic) bond motifs is 1. The van der Waals surface area contributed by atoms with E-state index >= 15 is 0 Å². The molecule has 1 aliphatic rings. The first-order chi connectivity index (χ1) is 13.6. The Morgan fingerprint density at radius 1 is 1.25 bits per heavy atom. The van der Waals surface area contributed by atoms with E-state index in [-0.39, 0.29) is 5.91 Å². The minimum atomic E-state index is -1.44. The van der Waals surface area contributed by atoms with Crippen LogP contribution >= 0.6 is 11.3 Å². The molecule has 6 nitrogen and oxygen atoms in total. The molecule has 0 bridgehead atoms. The van der Waals surface area contributed by atoms with Gasteiger partial charge in [0.15, 0.2) is 5.60 Å². The number of hydrogen-bond donors (Lipinski definition) is 2.